The van der Waals surface area contributed by atoms with Crippen LogP contribution in [0.4, 0.5) is 5.00 Å². The van der Waals surface area contributed by atoms with Crippen LogP contribution in [-0.2, 0) is 14.3 Å². The first-order valence-electron chi connectivity index (χ1n) is 8.98. The first-order valence-corrected chi connectivity index (χ1v) is 9.86. The largest absolute Gasteiger partial charge is 0.465 e. The fraction of sp³-hybridized carbons (Fsp3) is 0.400. The summed E-state index contributed by atoms with van der Waals surface area (Å²) >= 11 is 1.35. The van der Waals surface area contributed by atoms with Crippen molar-refractivity contribution in [1.29, 1.82) is 0 Å². The van der Waals surface area contributed by atoms with Crippen molar-refractivity contribution in [1.82, 2.24) is 0 Å². The highest BCUT2D eigenvalue weighted by Gasteiger charge is 2.24. The van der Waals surface area contributed by atoms with Crippen molar-refractivity contribution in [3.63, 3.8) is 0 Å². The van der Waals surface area contributed by atoms with Crippen molar-refractivity contribution in [2.24, 2.45) is 0 Å². The lowest BCUT2D eigenvalue weighted by molar-refractivity contribution is -0.899. The van der Waals surface area contributed by atoms with Crippen LogP contribution in [0.15, 0.2) is 23.6 Å². The van der Waals surface area contributed by atoms with Gasteiger partial charge in [0.05, 0.1) is 20.3 Å². The van der Waals surface area contributed by atoms with Gasteiger partial charge in [-0.3, -0.25) is 4.79 Å². The third-order valence-corrected chi connectivity index (χ3v) is 5.76. The molecule has 0 bridgehead atoms. The van der Waals surface area contributed by atoms with Gasteiger partial charge in [-0.05, 0) is 30.5 Å². The van der Waals surface area contributed by atoms with Gasteiger partial charge < -0.3 is 19.7 Å². The topological polar surface area (TPSA) is 69.1 Å². The Morgan fingerprint density at radius 3 is 2.63 bits per heavy atom. The molecule has 0 unspecified atom stereocenters. The number of hydrogen-bond acceptors (Lipinski definition) is 5. The maximum Gasteiger partial charge on any atom is 0.341 e. The van der Waals surface area contributed by atoms with Gasteiger partial charge in [0.15, 0.2) is 6.54 Å². The van der Waals surface area contributed by atoms with Crippen molar-refractivity contribution < 1.29 is 24.0 Å². The number of thiophene rings is 1. The number of morpholine rings is 1. The number of ether oxygens (including phenoxy) is 2. The zero-order chi connectivity index (χ0) is 19.4. The Morgan fingerprint density at radius 2 is 1.96 bits per heavy atom. The van der Waals surface area contributed by atoms with Gasteiger partial charge in [-0.15, -0.1) is 11.3 Å². The van der Waals surface area contributed by atoms with Crippen molar-refractivity contribution >= 4 is 28.2 Å². The quantitative estimate of drug-likeness (QED) is 0.764. The molecule has 1 aromatic carbocycles. The molecule has 0 spiro atoms. The Bertz CT molecular complexity index is 841. The summed E-state index contributed by atoms with van der Waals surface area (Å²) in [4.78, 5) is 26.1. The summed E-state index contributed by atoms with van der Waals surface area (Å²) in [5.41, 5.74) is 4.47. The maximum atomic E-state index is 12.5. The lowest BCUT2D eigenvalue weighted by Crippen LogP contribution is -3.15. The number of esters is 1. The number of rotatable bonds is 5. The molecule has 1 aromatic heterocycles. The van der Waals surface area contributed by atoms with Gasteiger partial charge in [-0.25, -0.2) is 4.79 Å². The maximum absolute atomic E-state index is 12.5. The fourth-order valence-electron chi connectivity index (χ4n) is 3.11. The van der Waals surface area contributed by atoms with Gasteiger partial charge in [-0.1, -0.05) is 18.2 Å². The van der Waals surface area contributed by atoms with E-state index in [4.69, 9.17) is 9.47 Å². The minimum Gasteiger partial charge on any atom is -0.465 e. The highest BCUT2D eigenvalue weighted by molar-refractivity contribution is 7.15. The van der Waals surface area contributed by atoms with E-state index in [0.717, 1.165) is 29.8 Å². The van der Waals surface area contributed by atoms with E-state index in [9.17, 15) is 9.59 Å². The fourth-order valence-corrected chi connectivity index (χ4v) is 4.08. The highest BCUT2D eigenvalue weighted by Crippen LogP contribution is 2.36. The number of anilines is 1. The Morgan fingerprint density at radius 1 is 1.22 bits per heavy atom. The molecular weight excluding hydrogens is 364 g/mol. The van der Waals surface area contributed by atoms with E-state index in [1.165, 1.54) is 28.9 Å². The Labute approximate surface area is 163 Å². The average molecular weight is 389 g/mol. The van der Waals surface area contributed by atoms with Crippen LogP contribution in [0.5, 0.6) is 0 Å². The van der Waals surface area contributed by atoms with Crippen molar-refractivity contribution in [3.8, 4) is 11.1 Å². The van der Waals surface area contributed by atoms with E-state index in [2.05, 4.69) is 5.32 Å². The number of carbonyl (C=O) groups excluding carboxylic acids is 2. The smallest absolute Gasteiger partial charge is 0.341 e. The molecule has 0 atom stereocenters. The molecule has 0 aliphatic carbocycles. The van der Waals surface area contributed by atoms with E-state index in [1.54, 1.807) is 0 Å². The second kappa shape index (κ2) is 8.65. The normalized spacial score (nSPS) is 14.8. The molecule has 0 radical (unpaired) electrons. The molecule has 7 heteroatoms. The van der Waals surface area contributed by atoms with E-state index in [-0.39, 0.29) is 5.91 Å². The molecule has 1 saturated heterocycles. The summed E-state index contributed by atoms with van der Waals surface area (Å²) < 4.78 is 10.3. The van der Waals surface area contributed by atoms with Crippen LogP contribution in [0.2, 0.25) is 0 Å². The van der Waals surface area contributed by atoms with Crippen LogP contribution < -0.4 is 10.2 Å². The monoisotopic (exact) mass is 389 g/mol. The lowest BCUT2D eigenvalue weighted by Gasteiger charge is -2.23. The van der Waals surface area contributed by atoms with Gasteiger partial charge in [0.2, 0.25) is 0 Å². The number of hydrogen-bond donors (Lipinski definition) is 2. The van der Waals surface area contributed by atoms with E-state index in [1.807, 2.05) is 37.4 Å². The molecular formula is C20H25N2O4S+. The molecule has 2 heterocycles. The zero-order valence-electron chi connectivity index (χ0n) is 15.9. The first-order chi connectivity index (χ1) is 13.0. The SMILES string of the molecule is COC(=O)c1c(-c2ccc(C)c(C)c2)csc1NC(=O)C[NH+]1CCOCC1. The predicted molar refractivity (Wildman–Crippen MR) is 106 cm³/mol. The minimum atomic E-state index is -0.446. The van der Waals surface area contributed by atoms with Crippen LogP contribution in [0.25, 0.3) is 11.1 Å². The Kier molecular flexibility index (Phi) is 6.26. The first kappa shape index (κ1) is 19.5. The molecule has 144 valence electrons. The standard InChI is InChI=1S/C20H24N2O4S/c1-13-4-5-15(10-14(13)2)16-12-27-19(18(16)20(24)25-3)21-17(23)11-22-6-8-26-9-7-22/h4-5,10,12H,6-9,11H2,1-3H3,(H,21,23)/p+1. The second-order valence-electron chi connectivity index (χ2n) is 6.73. The van der Waals surface area contributed by atoms with Gasteiger partial charge in [-0.2, -0.15) is 0 Å². The van der Waals surface area contributed by atoms with Crippen molar-refractivity contribution in [3.05, 3.63) is 40.3 Å². The van der Waals surface area contributed by atoms with Crippen LogP contribution in [0, 0.1) is 13.8 Å². The lowest BCUT2D eigenvalue weighted by atomic mass is 9.99. The van der Waals surface area contributed by atoms with Gasteiger partial charge in [0.1, 0.15) is 23.7 Å². The van der Waals surface area contributed by atoms with Crippen LogP contribution >= 0.6 is 11.3 Å². The third kappa shape index (κ3) is 4.55. The highest BCUT2D eigenvalue weighted by atomic mass is 32.1. The van der Waals surface area contributed by atoms with Crippen LogP contribution in [0.1, 0.15) is 21.5 Å². The average Bonchev–Trinajstić information content (AvgIpc) is 3.07. The van der Waals surface area contributed by atoms with Crippen LogP contribution in [0.3, 0.4) is 0 Å². The number of nitrogens with one attached hydrogen (secondary N) is 2. The number of quaternary nitrogens is 1. The van der Waals surface area contributed by atoms with E-state index >= 15 is 0 Å². The Hall–Kier alpha value is -2.22. The molecule has 1 aliphatic heterocycles. The summed E-state index contributed by atoms with van der Waals surface area (Å²) in [6, 6.07) is 6.07. The molecule has 2 aromatic rings. The number of carbonyl (C=O) groups is 2. The van der Waals surface area contributed by atoms with Gasteiger partial charge in [0.25, 0.3) is 5.91 Å². The predicted octanol–water partition coefficient (Wildman–Crippen LogP) is 1.67. The third-order valence-electron chi connectivity index (χ3n) is 4.86. The number of methoxy groups -OCH3 is 1. The molecule has 0 saturated carbocycles. The Balaban J connectivity index is 1.84. The van der Waals surface area contributed by atoms with Gasteiger partial charge in [0, 0.05) is 10.9 Å². The van der Waals surface area contributed by atoms with E-state index in [0.29, 0.717) is 30.3 Å². The van der Waals surface area contributed by atoms with E-state index < -0.39 is 5.97 Å². The molecule has 2 N–H and O–H groups in total. The molecule has 6 nitrogen and oxygen atoms in total. The molecule has 3 rings (SSSR count). The molecule has 27 heavy (non-hydrogen) atoms. The van der Waals surface area contributed by atoms with Crippen molar-refractivity contribution in [2.45, 2.75) is 13.8 Å². The molecule has 1 amide bonds. The van der Waals surface area contributed by atoms with Gasteiger partial charge >= 0.3 is 5.97 Å². The van der Waals surface area contributed by atoms with Crippen molar-refractivity contribution in [2.75, 3.05) is 45.3 Å². The summed E-state index contributed by atoms with van der Waals surface area (Å²) in [6.07, 6.45) is 0. The second-order valence-corrected chi connectivity index (χ2v) is 7.61. The summed E-state index contributed by atoms with van der Waals surface area (Å²) in [6.45, 7) is 7.42. The molecule has 1 fully saturated rings. The summed E-state index contributed by atoms with van der Waals surface area (Å²) in [7, 11) is 1.35. The summed E-state index contributed by atoms with van der Waals surface area (Å²) in [5.74, 6) is -0.552. The zero-order valence-corrected chi connectivity index (χ0v) is 16.7. The number of aryl methyl sites for hydroxylation is 2. The minimum absolute atomic E-state index is 0.106. The molecule has 1 aliphatic rings. The van der Waals surface area contributed by atoms with Crippen LogP contribution in [-0.4, -0.2) is 51.8 Å². The number of amides is 1. The number of benzene rings is 1. The summed E-state index contributed by atoms with van der Waals surface area (Å²) in [5, 5.41) is 5.34.